The first-order valence-electron chi connectivity index (χ1n) is 3.67. The van der Waals surface area contributed by atoms with Crippen LogP contribution in [0.1, 0.15) is 20.3 Å². The van der Waals surface area contributed by atoms with Gasteiger partial charge in [-0.1, -0.05) is 6.92 Å². The van der Waals surface area contributed by atoms with Crippen LogP contribution in [0.4, 0.5) is 0 Å². The first-order chi connectivity index (χ1) is 5.07. The van der Waals surface area contributed by atoms with Gasteiger partial charge in [0.1, 0.15) is 5.38 Å². The molecule has 0 rings (SSSR count). The van der Waals surface area contributed by atoms with Crippen LogP contribution in [-0.4, -0.2) is 29.0 Å². The number of carbonyl (C=O) groups excluding carboxylic acids is 1. The van der Waals surface area contributed by atoms with E-state index in [4.69, 9.17) is 16.7 Å². The summed E-state index contributed by atoms with van der Waals surface area (Å²) in [5, 5.41) is 11.0. The lowest BCUT2D eigenvalue weighted by molar-refractivity contribution is -0.120. The number of halogens is 1. The quantitative estimate of drug-likeness (QED) is 0.618. The number of rotatable bonds is 4. The molecular weight excluding hydrogens is 166 g/mol. The van der Waals surface area contributed by atoms with Gasteiger partial charge in [-0.05, 0) is 13.3 Å². The Labute approximate surface area is 71.7 Å². The number of hydrogen-bond acceptors (Lipinski definition) is 2. The normalized spacial score (nSPS) is 15.6. The molecule has 0 aromatic carbocycles. The summed E-state index contributed by atoms with van der Waals surface area (Å²) in [6.07, 6.45) is 0.172. The smallest absolute Gasteiger partial charge is 0.237 e. The molecule has 0 aliphatic carbocycles. The molecule has 11 heavy (non-hydrogen) atoms. The Morgan fingerprint density at radius 3 is 2.64 bits per heavy atom. The second kappa shape index (κ2) is 5.38. The SMILES string of the molecule is CCC(O)CNC(=O)C(C)Cl. The van der Waals surface area contributed by atoms with Crippen molar-refractivity contribution in [2.45, 2.75) is 31.7 Å². The van der Waals surface area contributed by atoms with Crippen LogP contribution in [0.2, 0.25) is 0 Å². The topological polar surface area (TPSA) is 49.3 Å². The molecule has 0 aliphatic rings. The molecule has 0 spiro atoms. The van der Waals surface area contributed by atoms with Crippen LogP contribution in [0.5, 0.6) is 0 Å². The summed E-state index contributed by atoms with van der Waals surface area (Å²) in [6, 6.07) is 0. The summed E-state index contributed by atoms with van der Waals surface area (Å²) < 4.78 is 0. The van der Waals surface area contributed by atoms with Crippen molar-refractivity contribution in [3.63, 3.8) is 0 Å². The van der Waals surface area contributed by atoms with Crippen molar-refractivity contribution in [2.24, 2.45) is 0 Å². The van der Waals surface area contributed by atoms with Gasteiger partial charge in [-0.25, -0.2) is 0 Å². The highest BCUT2D eigenvalue weighted by molar-refractivity contribution is 6.30. The maximum absolute atomic E-state index is 10.8. The van der Waals surface area contributed by atoms with E-state index in [0.29, 0.717) is 6.42 Å². The number of hydrogen-bond donors (Lipinski definition) is 2. The lowest BCUT2D eigenvalue weighted by atomic mass is 10.3. The molecule has 1 amide bonds. The summed E-state index contributed by atoms with van der Waals surface area (Å²) in [5.74, 6) is -0.237. The standard InChI is InChI=1S/C7H14ClNO2/c1-3-6(10)4-9-7(11)5(2)8/h5-6,10H,3-4H2,1-2H3,(H,9,11). The Balaban J connectivity index is 3.46. The lowest BCUT2D eigenvalue weighted by Gasteiger charge is -2.09. The molecule has 0 aromatic rings. The summed E-state index contributed by atoms with van der Waals surface area (Å²) in [5.41, 5.74) is 0. The second-order valence-electron chi connectivity index (χ2n) is 2.42. The van der Waals surface area contributed by atoms with Crippen LogP contribution in [0, 0.1) is 0 Å². The van der Waals surface area contributed by atoms with Crippen LogP contribution in [0.3, 0.4) is 0 Å². The second-order valence-corrected chi connectivity index (χ2v) is 3.08. The van der Waals surface area contributed by atoms with Crippen molar-refractivity contribution in [3.05, 3.63) is 0 Å². The van der Waals surface area contributed by atoms with Gasteiger partial charge in [-0.15, -0.1) is 11.6 Å². The van der Waals surface area contributed by atoms with E-state index in [2.05, 4.69) is 5.32 Å². The van der Waals surface area contributed by atoms with E-state index in [1.165, 1.54) is 0 Å². The van der Waals surface area contributed by atoms with E-state index >= 15 is 0 Å². The van der Waals surface area contributed by atoms with Gasteiger partial charge >= 0.3 is 0 Å². The number of aliphatic hydroxyl groups excluding tert-OH is 1. The van der Waals surface area contributed by atoms with E-state index < -0.39 is 11.5 Å². The monoisotopic (exact) mass is 179 g/mol. The maximum Gasteiger partial charge on any atom is 0.237 e. The fraction of sp³-hybridized carbons (Fsp3) is 0.857. The van der Waals surface area contributed by atoms with Gasteiger partial charge in [0.25, 0.3) is 0 Å². The number of amides is 1. The third-order valence-electron chi connectivity index (χ3n) is 1.34. The van der Waals surface area contributed by atoms with E-state index in [-0.39, 0.29) is 12.5 Å². The lowest BCUT2D eigenvalue weighted by Crippen LogP contribution is -2.35. The fourth-order valence-electron chi connectivity index (χ4n) is 0.503. The van der Waals surface area contributed by atoms with Crippen LogP contribution in [0.15, 0.2) is 0 Å². The highest BCUT2D eigenvalue weighted by Gasteiger charge is 2.09. The summed E-state index contributed by atoms with van der Waals surface area (Å²) in [7, 11) is 0. The Morgan fingerprint density at radius 2 is 2.27 bits per heavy atom. The average molecular weight is 180 g/mol. The number of nitrogens with one attached hydrogen (secondary N) is 1. The third kappa shape index (κ3) is 5.04. The number of carbonyl (C=O) groups is 1. The highest BCUT2D eigenvalue weighted by Crippen LogP contribution is 1.93. The maximum atomic E-state index is 10.8. The first kappa shape index (κ1) is 10.7. The first-order valence-corrected chi connectivity index (χ1v) is 4.11. The predicted molar refractivity (Wildman–Crippen MR) is 44.6 cm³/mol. The molecule has 0 heterocycles. The minimum absolute atomic E-state index is 0.237. The Bertz CT molecular complexity index is 128. The Morgan fingerprint density at radius 1 is 1.73 bits per heavy atom. The molecule has 2 atom stereocenters. The zero-order valence-corrected chi connectivity index (χ0v) is 7.56. The van der Waals surface area contributed by atoms with E-state index in [1.54, 1.807) is 6.92 Å². The third-order valence-corrected chi connectivity index (χ3v) is 1.54. The van der Waals surface area contributed by atoms with Gasteiger partial charge < -0.3 is 10.4 Å². The van der Waals surface area contributed by atoms with Crippen molar-refractivity contribution >= 4 is 17.5 Å². The fourth-order valence-corrected chi connectivity index (χ4v) is 0.581. The number of alkyl halides is 1. The molecule has 3 nitrogen and oxygen atoms in total. The van der Waals surface area contributed by atoms with Crippen LogP contribution < -0.4 is 5.32 Å². The van der Waals surface area contributed by atoms with Gasteiger partial charge in [-0.2, -0.15) is 0 Å². The minimum atomic E-state index is -0.529. The molecule has 2 N–H and O–H groups in total. The Kier molecular flexibility index (Phi) is 5.24. The molecule has 0 aliphatic heterocycles. The molecule has 2 unspecified atom stereocenters. The molecule has 0 radical (unpaired) electrons. The van der Waals surface area contributed by atoms with Gasteiger partial charge in [-0.3, -0.25) is 4.79 Å². The predicted octanol–water partition coefficient (Wildman–Crippen LogP) is 0.501. The molecule has 0 saturated carbocycles. The summed E-state index contributed by atoms with van der Waals surface area (Å²) in [4.78, 5) is 10.8. The molecule has 0 bridgehead atoms. The van der Waals surface area contributed by atoms with Crippen molar-refractivity contribution in [2.75, 3.05) is 6.54 Å². The highest BCUT2D eigenvalue weighted by atomic mass is 35.5. The zero-order chi connectivity index (χ0) is 8.85. The number of aliphatic hydroxyl groups is 1. The van der Waals surface area contributed by atoms with Gasteiger partial charge in [0, 0.05) is 6.54 Å². The van der Waals surface area contributed by atoms with Crippen molar-refractivity contribution in [3.8, 4) is 0 Å². The van der Waals surface area contributed by atoms with Crippen molar-refractivity contribution < 1.29 is 9.90 Å². The summed E-state index contributed by atoms with van der Waals surface area (Å²) in [6.45, 7) is 3.72. The largest absolute Gasteiger partial charge is 0.391 e. The van der Waals surface area contributed by atoms with Crippen LogP contribution >= 0.6 is 11.6 Å². The zero-order valence-electron chi connectivity index (χ0n) is 6.80. The van der Waals surface area contributed by atoms with Gasteiger partial charge in [0.05, 0.1) is 6.10 Å². The Hall–Kier alpha value is -0.280. The molecule has 4 heteroatoms. The van der Waals surface area contributed by atoms with Gasteiger partial charge in [0.15, 0.2) is 0 Å². The van der Waals surface area contributed by atoms with Crippen LogP contribution in [-0.2, 0) is 4.79 Å². The minimum Gasteiger partial charge on any atom is -0.391 e. The van der Waals surface area contributed by atoms with Crippen LogP contribution in [0.25, 0.3) is 0 Å². The van der Waals surface area contributed by atoms with E-state index in [9.17, 15) is 4.79 Å². The molecule has 0 fully saturated rings. The molecule has 66 valence electrons. The van der Waals surface area contributed by atoms with E-state index in [1.807, 2.05) is 6.92 Å². The van der Waals surface area contributed by atoms with Gasteiger partial charge in [0.2, 0.25) is 5.91 Å². The molecule has 0 aromatic heterocycles. The molecular formula is C7H14ClNO2. The summed E-state index contributed by atoms with van der Waals surface area (Å²) >= 11 is 5.46. The van der Waals surface area contributed by atoms with Crippen molar-refractivity contribution in [1.82, 2.24) is 5.32 Å². The molecule has 0 saturated heterocycles. The van der Waals surface area contributed by atoms with E-state index in [0.717, 1.165) is 0 Å². The average Bonchev–Trinajstić information content (AvgIpc) is 1.99. The van der Waals surface area contributed by atoms with Crippen molar-refractivity contribution in [1.29, 1.82) is 0 Å².